The van der Waals surface area contributed by atoms with Crippen LogP contribution in [0.3, 0.4) is 0 Å². The number of hydrogen-bond donors (Lipinski definition) is 0. The van der Waals surface area contributed by atoms with Gasteiger partial charge in [-0.25, -0.2) is 0 Å². The van der Waals surface area contributed by atoms with E-state index in [0.29, 0.717) is 3.43 Å². The minimum atomic E-state index is -1.52. The molecule has 0 radical (unpaired) electrons. The first-order valence-corrected chi connectivity index (χ1v) is 13.2. The van der Waals surface area contributed by atoms with Crippen molar-refractivity contribution in [2.75, 3.05) is 0 Å². The summed E-state index contributed by atoms with van der Waals surface area (Å²) in [5, 5.41) is 0. The Kier molecular flexibility index (Phi) is 2.42. The summed E-state index contributed by atoms with van der Waals surface area (Å²) in [6.07, 6.45) is 0. The number of rotatable bonds is 0. The molecule has 0 aliphatic carbocycles. The van der Waals surface area contributed by atoms with E-state index in [9.17, 15) is 0 Å². The van der Waals surface area contributed by atoms with Gasteiger partial charge in [-0.1, -0.05) is 0 Å². The normalized spacial score (nSPS) is 14.2. The van der Waals surface area contributed by atoms with E-state index in [1.165, 1.54) is 0 Å². The monoisotopic (exact) mass is 222 g/mol. The summed E-state index contributed by atoms with van der Waals surface area (Å²) in [7, 11) is 0. The van der Waals surface area contributed by atoms with Gasteiger partial charge in [-0.05, 0) is 0 Å². The van der Waals surface area contributed by atoms with Gasteiger partial charge in [0.15, 0.2) is 0 Å². The molecule has 0 saturated carbocycles. The third-order valence-electron chi connectivity index (χ3n) is 2.25. The van der Waals surface area contributed by atoms with Crippen molar-refractivity contribution < 1.29 is 0 Å². The van der Waals surface area contributed by atoms with Crippen LogP contribution >= 0.6 is 0 Å². The average Bonchev–Trinajstić information content (AvgIpc) is 1.25. The summed E-state index contributed by atoms with van der Waals surface area (Å²) in [6.45, 7) is 7.09. The second-order valence-electron chi connectivity index (χ2n) is 4.50. The topological polar surface area (TPSA) is 0 Å². The van der Waals surface area contributed by atoms with Crippen LogP contribution < -0.4 is 0 Å². The Hall–Kier alpha value is 0.799. The predicted molar refractivity (Wildman–Crippen MR) is 43.1 cm³/mol. The maximum absolute atomic E-state index is 2.48. The van der Waals surface area contributed by atoms with E-state index in [4.69, 9.17) is 0 Å². The summed E-state index contributed by atoms with van der Waals surface area (Å²) in [4.78, 5) is 7.44. The molecular formula is C7H18Sn. The zero-order valence-corrected chi connectivity index (χ0v) is 9.85. The fourth-order valence-electron chi connectivity index (χ4n) is 0. The zero-order chi connectivity index (χ0) is 7.00. The van der Waals surface area contributed by atoms with Gasteiger partial charge in [-0.15, -0.1) is 0 Å². The first-order valence-electron chi connectivity index (χ1n) is 3.25. The van der Waals surface area contributed by atoms with E-state index < -0.39 is 18.4 Å². The van der Waals surface area contributed by atoms with Crippen LogP contribution in [0.2, 0.25) is 18.2 Å². The molecule has 0 rings (SSSR count). The second-order valence-corrected chi connectivity index (χ2v) is 21.6. The summed E-state index contributed by atoms with van der Waals surface area (Å²) in [5.74, 6) is 0. The van der Waals surface area contributed by atoms with Crippen LogP contribution in [0, 0.1) is 0 Å². The van der Waals surface area contributed by atoms with E-state index in [2.05, 4.69) is 35.6 Å². The van der Waals surface area contributed by atoms with Gasteiger partial charge in [0.05, 0.1) is 0 Å². The molecule has 0 amide bonds. The van der Waals surface area contributed by atoms with Gasteiger partial charge in [0.25, 0.3) is 0 Å². The van der Waals surface area contributed by atoms with Crippen molar-refractivity contribution in [2.45, 2.75) is 39.0 Å². The summed E-state index contributed by atoms with van der Waals surface area (Å²) >= 11 is -1.52. The van der Waals surface area contributed by atoms with Gasteiger partial charge in [-0.3, -0.25) is 0 Å². The van der Waals surface area contributed by atoms with Crippen molar-refractivity contribution in [1.29, 1.82) is 0 Å². The Morgan fingerprint density at radius 2 is 1.00 bits per heavy atom. The van der Waals surface area contributed by atoms with E-state index in [-0.39, 0.29) is 0 Å². The van der Waals surface area contributed by atoms with Gasteiger partial charge in [0.2, 0.25) is 0 Å². The predicted octanol–water partition coefficient (Wildman–Crippen LogP) is 3.12. The Bertz CT molecular complexity index is 59.4. The first-order chi connectivity index (χ1) is 3.25. The van der Waals surface area contributed by atoms with E-state index in [1.54, 1.807) is 0 Å². The van der Waals surface area contributed by atoms with Crippen LogP contribution in [0.15, 0.2) is 0 Å². The molecule has 0 aromatic rings. The molecule has 8 heavy (non-hydrogen) atoms. The Morgan fingerprint density at radius 1 is 0.875 bits per heavy atom. The van der Waals surface area contributed by atoms with Gasteiger partial charge in [0, 0.05) is 0 Å². The molecule has 0 fully saturated rings. The molecule has 0 saturated heterocycles. The van der Waals surface area contributed by atoms with E-state index in [1.807, 2.05) is 0 Å². The summed E-state index contributed by atoms with van der Waals surface area (Å²) in [6, 6.07) is 0. The third kappa shape index (κ3) is 2.38. The zero-order valence-electron chi connectivity index (χ0n) is 7.00. The molecule has 0 unspecified atom stereocenters. The molecular weight excluding hydrogens is 203 g/mol. The second kappa shape index (κ2) is 2.20. The molecule has 0 aliphatic heterocycles. The molecule has 0 aliphatic rings. The van der Waals surface area contributed by atoms with Crippen molar-refractivity contribution >= 4 is 18.4 Å². The van der Waals surface area contributed by atoms with Crippen molar-refractivity contribution in [3.05, 3.63) is 0 Å². The Labute approximate surface area is 57.5 Å². The molecule has 0 bridgehead atoms. The molecule has 50 valence electrons. The fraction of sp³-hybridized carbons (Fsp3) is 1.00. The molecule has 0 aromatic heterocycles. The minimum absolute atomic E-state index is 0.648. The molecule has 0 nitrogen and oxygen atoms in total. The van der Waals surface area contributed by atoms with Crippen molar-refractivity contribution in [2.24, 2.45) is 0 Å². The third-order valence-corrected chi connectivity index (χ3v) is 15.1. The molecule has 0 N–H and O–H groups in total. The average molecular weight is 221 g/mol. The van der Waals surface area contributed by atoms with Gasteiger partial charge in [0.1, 0.15) is 0 Å². The summed E-state index contributed by atoms with van der Waals surface area (Å²) < 4.78 is 0.648. The van der Waals surface area contributed by atoms with Crippen LogP contribution in [0.1, 0.15) is 20.8 Å². The summed E-state index contributed by atoms with van der Waals surface area (Å²) in [5.41, 5.74) is 0. The van der Waals surface area contributed by atoms with Gasteiger partial charge < -0.3 is 0 Å². The van der Waals surface area contributed by atoms with Crippen molar-refractivity contribution in [3.8, 4) is 0 Å². The van der Waals surface area contributed by atoms with Gasteiger partial charge >= 0.3 is 57.4 Å². The van der Waals surface area contributed by atoms with Crippen molar-refractivity contribution in [3.63, 3.8) is 0 Å². The van der Waals surface area contributed by atoms with Crippen LogP contribution in [-0.2, 0) is 0 Å². The molecule has 0 spiro atoms. The van der Waals surface area contributed by atoms with Crippen LogP contribution in [0.5, 0.6) is 0 Å². The van der Waals surface area contributed by atoms with E-state index in [0.717, 1.165) is 0 Å². The van der Waals surface area contributed by atoms with Crippen LogP contribution in [0.25, 0.3) is 0 Å². The Balaban J connectivity index is 4.02. The molecule has 0 heterocycles. The quantitative estimate of drug-likeness (QED) is 0.551. The molecule has 1 heteroatoms. The number of hydrogen-bond acceptors (Lipinski definition) is 0. The molecule has 0 aromatic carbocycles. The SMILES string of the molecule is C[C](C)(C)[Sn]([CH3])([CH3])[CH3]. The van der Waals surface area contributed by atoms with Crippen LogP contribution in [-0.4, -0.2) is 18.4 Å². The van der Waals surface area contributed by atoms with Crippen LogP contribution in [0.4, 0.5) is 0 Å². The van der Waals surface area contributed by atoms with E-state index >= 15 is 0 Å². The standard InChI is InChI=1S/C4H9.3CH3.Sn/c1-4(2)3;;;;/h1-3H3;3*1H3;. The fourth-order valence-corrected chi connectivity index (χ4v) is 0. The van der Waals surface area contributed by atoms with Gasteiger partial charge in [-0.2, -0.15) is 0 Å². The Morgan fingerprint density at radius 3 is 1.00 bits per heavy atom. The maximum atomic E-state index is 2.48. The first kappa shape index (κ1) is 8.80. The molecule has 0 atom stereocenters. The van der Waals surface area contributed by atoms with Crippen molar-refractivity contribution in [1.82, 2.24) is 0 Å².